The third kappa shape index (κ3) is 3.06. The van der Waals surface area contributed by atoms with Gasteiger partial charge in [0.25, 0.3) is 0 Å². The largest absolute Gasteiger partial charge is 0.323 e. The van der Waals surface area contributed by atoms with Gasteiger partial charge in [-0.05, 0) is 12.1 Å². The third-order valence-corrected chi connectivity index (χ3v) is 5.06. The number of carbonyl (C=O) groups is 1. The van der Waals surface area contributed by atoms with E-state index in [9.17, 15) is 4.79 Å². The number of amides is 1. The number of aromatic nitrogens is 2. The van der Waals surface area contributed by atoms with Gasteiger partial charge in [-0.25, -0.2) is 0 Å². The zero-order chi connectivity index (χ0) is 13.9. The fourth-order valence-corrected chi connectivity index (χ4v) is 3.80. The molecular formula is C12H13ClN4OS2. The van der Waals surface area contributed by atoms with Crippen LogP contribution in [0.5, 0.6) is 0 Å². The fourth-order valence-electron chi connectivity index (χ4n) is 2.11. The predicted octanol–water partition coefficient (Wildman–Crippen LogP) is 2.38. The van der Waals surface area contributed by atoms with Crippen molar-refractivity contribution in [3.05, 3.63) is 17.2 Å². The van der Waals surface area contributed by atoms with E-state index in [1.807, 2.05) is 11.8 Å². The van der Waals surface area contributed by atoms with Crippen LogP contribution in [0.15, 0.2) is 12.1 Å². The lowest BCUT2D eigenvalue weighted by Gasteiger charge is -2.22. The van der Waals surface area contributed by atoms with Crippen LogP contribution in [0.4, 0.5) is 5.69 Å². The van der Waals surface area contributed by atoms with Crippen LogP contribution in [0, 0.1) is 0 Å². The molecule has 0 saturated carbocycles. The van der Waals surface area contributed by atoms with Gasteiger partial charge in [0, 0.05) is 30.5 Å². The van der Waals surface area contributed by atoms with Gasteiger partial charge in [0.15, 0.2) is 0 Å². The van der Waals surface area contributed by atoms with Crippen LogP contribution in [0.3, 0.4) is 0 Å². The maximum Gasteiger partial charge on any atom is 0.226 e. The molecule has 0 radical (unpaired) electrons. The van der Waals surface area contributed by atoms with Gasteiger partial charge in [-0.15, -0.1) is 0 Å². The number of thioether (sulfide) groups is 1. The van der Waals surface area contributed by atoms with Gasteiger partial charge < -0.3 is 10.6 Å². The predicted molar refractivity (Wildman–Crippen MR) is 84.8 cm³/mol. The highest BCUT2D eigenvalue weighted by Crippen LogP contribution is 2.30. The molecule has 5 nitrogen and oxygen atoms in total. The van der Waals surface area contributed by atoms with Crippen molar-refractivity contribution < 1.29 is 4.79 Å². The molecule has 8 heteroatoms. The molecule has 1 amide bonds. The number of nitrogens with zero attached hydrogens (tertiary/aromatic N) is 2. The second-order valence-electron chi connectivity index (χ2n) is 4.53. The highest BCUT2D eigenvalue weighted by Gasteiger charge is 2.18. The molecule has 1 atom stereocenters. The Bertz CT molecular complexity index is 627. The van der Waals surface area contributed by atoms with Crippen LogP contribution >= 0.6 is 35.1 Å². The zero-order valence-electron chi connectivity index (χ0n) is 10.6. The highest BCUT2D eigenvalue weighted by atomic mass is 35.5. The summed E-state index contributed by atoms with van der Waals surface area (Å²) < 4.78 is 8.34. The number of hydrogen-bond acceptors (Lipinski definition) is 6. The van der Waals surface area contributed by atoms with E-state index in [4.69, 9.17) is 11.6 Å². The molecule has 3 rings (SSSR count). The Kier molecular flexibility index (Phi) is 4.40. The summed E-state index contributed by atoms with van der Waals surface area (Å²) in [5, 5.41) is 6.70. The lowest BCUT2D eigenvalue weighted by atomic mass is 10.2. The van der Waals surface area contributed by atoms with E-state index in [1.165, 1.54) is 0 Å². The van der Waals surface area contributed by atoms with Crippen LogP contribution < -0.4 is 10.6 Å². The normalized spacial score (nSPS) is 19.1. The smallest absolute Gasteiger partial charge is 0.226 e. The van der Waals surface area contributed by atoms with E-state index < -0.39 is 0 Å². The molecule has 0 aliphatic carbocycles. The Labute approximate surface area is 129 Å². The van der Waals surface area contributed by atoms with Crippen LogP contribution in [-0.2, 0) is 4.79 Å². The van der Waals surface area contributed by atoms with E-state index in [1.54, 1.807) is 12.1 Å². The van der Waals surface area contributed by atoms with Gasteiger partial charge in [0.1, 0.15) is 11.0 Å². The van der Waals surface area contributed by atoms with Crippen LogP contribution in [0.25, 0.3) is 11.0 Å². The van der Waals surface area contributed by atoms with Crippen molar-refractivity contribution in [2.24, 2.45) is 0 Å². The average molecular weight is 329 g/mol. The second kappa shape index (κ2) is 6.26. The molecule has 1 aliphatic rings. The first-order chi connectivity index (χ1) is 9.74. The maximum absolute atomic E-state index is 12.1. The number of rotatable bonds is 3. The van der Waals surface area contributed by atoms with E-state index in [0.717, 1.165) is 35.3 Å². The summed E-state index contributed by atoms with van der Waals surface area (Å²) in [6.07, 6.45) is 0.442. The van der Waals surface area contributed by atoms with E-state index >= 15 is 0 Å². The first-order valence-electron chi connectivity index (χ1n) is 6.26. The minimum absolute atomic E-state index is 0.0487. The summed E-state index contributed by atoms with van der Waals surface area (Å²) in [5.41, 5.74) is 1.97. The van der Waals surface area contributed by atoms with Gasteiger partial charge >= 0.3 is 0 Å². The van der Waals surface area contributed by atoms with E-state index in [0.29, 0.717) is 22.6 Å². The van der Waals surface area contributed by atoms with E-state index in [-0.39, 0.29) is 11.9 Å². The second-order valence-corrected chi connectivity index (χ2v) is 6.62. The molecular weight excluding hydrogens is 316 g/mol. The molecule has 1 aromatic carbocycles. The van der Waals surface area contributed by atoms with Gasteiger partial charge in [0.05, 0.1) is 22.4 Å². The average Bonchev–Trinajstić information content (AvgIpc) is 2.92. The first kappa shape index (κ1) is 14.1. The summed E-state index contributed by atoms with van der Waals surface area (Å²) in [5.74, 6) is 2.02. The zero-order valence-corrected chi connectivity index (χ0v) is 12.9. The van der Waals surface area contributed by atoms with Crippen molar-refractivity contribution in [1.29, 1.82) is 0 Å². The fraction of sp³-hybridized carbons (Fsp3) is 0.417. The van der Waals surface area contributed by atoms with Crippen molar-refractivity contribution in [3.8, 4) is 0 Å². The van der Waals surface area contributed by atoms with Crippen molar-refractivity contribution in [3.63, 3.8) is 0 Å². The Hall–Kier alpha value is -0.890. The van der Waals surface area contributed by atoms with Crippen molar-refractivity contribution in [1.82, 2.24) is 14.1 Å². The molecule has 2 heterocycles. The number of carbonyl (C=O) groups excluding carboxylic acids is 1. The molecule has 106 valence electrons. The Morgan fingerprint density at radius 3 is 3.20 bits per heavy atom. The van der Waals surface area contributed by atoms with Crippen LogP contribution in [0.2, 0.25) is 5.02 Å². The van der Waals surface area contributed by atoms with E-state index in [2.05, 4.69) is 19.4 Å². The Morgan fingerprint density at radius 1 is 1.50 bits per heavy atom. The van der Waals surface area contributed by atoms with Crippen molar-refractivity contribution >= 4 is 57.7 Å². The Morgan fingerprint density at radius 2 is 2.40 bits per heavy atom. The van der Waals surface area contributed by atoms with Gasteiger partial charge in [0.2, 0.25) is 5.91 Å². The summed E-state index contributed by atoms with van der Waals surface area (Å²) in [4.78, 5) is 12.1. The van der Waals surface area contributed by atoms with Crippen molar-refractivity contribution in [2.45, 2.75) is 12.5 Å². The number of hydrogen-bond donors (Lipinski definition) is 2. The standard InChI is InChI=1S/C12H13ClN4OS2/c13-8-1-2-9-12(17-20-16-9)11(8)15-10(18)5-7-6-19-4-3-14-7/h1-2,7,14H,3-6H2,(H,15,18). The molecule has 2 N–H and O–H groups in total. The monoisotopic (exact) mass is 328 g/mol. The topological polar surface area (TPSA) is 66.9 Å². The molecule has 1 fully saturated rings. The molecule has 0 bridgehead atoms. The summed E-state index contributed by atoms with van der Waals surface area (Å²) in [6, 6.07) is 3.76. The van der Waals surface area contributed by atoms with Gasteiger partial charge in [-0.2, -0.15) is 20.5 Å². The molecule has 1 saturated heterocycles. The molecule has 20 heavy (non-hydrogen) atoms. The number of anilines is 1. The third-order valence-electron chi connectivity index (χ3n) is 3.07. The molecule has 0 spiro atoms. The SMILES string of the molecule is O=C(CC1CSCCN1)Nc1c(Cl)ccc2nsnc12. The van der Waals surface area contributed by atoms with Crippen LogP contribution in [-0.4, -0.2) is 38.7 Å². The lowest BCUT2D eigenvalue weighted by Crippen LogP contribution is -2.39. The van der Waals surface area contributed by atoms with Gasteiger partial charge in [-0.3, -0.25) is 4.79 Å². The quantitative estimate of drug-likeness (QED) is 0.905. The number of halogens is 1. The highest BCUT2D eigenvalue weighted by molar-refractivity contribution is 7.99. The molecule has 1 unspecified atom stereocenters. The number of nitrogens with one attached hydrogen (secondary N) is 2. The van der Waals surface area contributed by atoms with Crippen LogP contribution in [0.1, 0.15) is 6.42 Å². The van der Waals surface area contributed by atoms with Gasteiger partial charge in [-0.1, -0.05) is 11.6 Å². The maximum atomic E-state index is 12.1. The molecule has 1 aromatic heterocycles. The Balaban J connectivity index is 1.73. The lowest BCUT2D eigenvalue weighted by molar-refractivity contribution is -0.116. The number of fused-ring (bicyclic) bond motifs is 1. The number of benzene rings is 1. The summed E-state index contributed by atoms with van der Waals surface area (Å²) in [6.45, 7) is 0.953. The minimum atomic E-state index is -0.0487. The minimum Gasteiger partial charge on any atom is -0.323 e. The molecule has 1 aliphatic heterocycles. The summed E-state index contributed by atoms with van der Waals surface area (Å²) in [7, 11) is 0. The van der Waals surface area contributed by atoms with Crippen molar-refractivity contribution in [2.75, 3.05) is 23.4 Å². The molecule has 2 aromatic rings. The summed E-state index contributed by atoms with van der Waals surface area (Å²) >= 11 is 9.13. The first-order valence-corrected chi connectivity index (χ1v) is 8.52.